The number of hydrogen-bond donors (Lipinski definition) is 0. The molecule has 0 radical (unpaired) electrons. The van der Waals surface area contributed by atoms with Crippen molar-refractivity contribution < 1.29 is 9.53 Å². The van der Waals surface area contributed by atoms with Crippen LogP contribution >= 0.6 is 11.6 Å². The number of rotatable bonds is 5. The molecule has 5 rings (SSSR count). The van der Waals surface area contributed by atoms with Gasteiger partial charge in [0, 0.05) is 69.0 Å². The minimum absolute atomic E-state index is 0.0399. The first kappa shape index (κ1) is 20.8. The lowest BCUT2D eigenvalue weighted by Gasteiger charge is -2.35. The second-order valence-electron chi connectivity index (χ2n) is 8.13. The Morgan fingerprint density at radius 3 is 2.62 bits per heavy atom. The first-order valence-electron chi connectivity index (χ1n) is 10.8. The Bertz CT molecular complexity index is 1290. The van der Waals surface area contributed by atoms with Crippen LogP contribution in [0.15, 0.2) is 48.7 Å². The van der Waals surface area contributed by atoms with Gasteiger partial charge in [-0.25, -0.2) is 4.98 Å². The average molecular weight is 452 g/mol. The molecule has 1 amide bonds. The Kier molecular flexibility index (Phi) is 5.53. The van der Waals surface area contributed by atoms with Gasteiger partial charge >= 0.3 is 0 Å². The van der Waals surface area contributed by atoms with Crippen molar-refractivity contribution in [1.82, 2.24) is 19.0 Å². The second-order valence-corrected chi connectivity index (χ2v) is 8.57. The van der Waals surface area contributed by atoms with Gasteiger partial charge < -0.3 is 23.7 Å². The first-order valence-corrected chi connectivity index (χ1v) is 11.2. The monoisotopic (exact) mass is 451 g/mol. The Morgan fingerprint density at radius 1 is 1.09 bits per heavy atom. The highest BCUT2D eigenvalue weighted by Gasteiger charge is 2.27. The topological polar surface area (TPSA) is 55.5 Å². The number of fused-ring (bicyclic) bond motifs is 2. The number of halogens is 1. The number of aryl methyl sites for hydroxylation is 1. The largest absolute Gasteiger partial charge is 0.383 e. The molecule has 2 aromatic carbocycles. The van der Waals surface area contributed by atoms with E-state index in [1.165, 1.54) is 0 Å². The molecule has 8 heteroatoms. The van der Waals surface area contributed by atoms with Crippen molar-refractivity contribution in [2.75, 3.05) is 44.8 Å². The van der Waals surface area contributed by atoms with Crippen LogP contribution in [0.1, 0.15) is 10.4 Å². The van der Waals surface area contributed by atoms with Gasteiger partial charge in [-0.05, 0) is 30.3 Å². The predicted octanol–water partition coefficient (Wildman–Crippen LogP) is 3.79. The fourth-order valence-electron chi connectivity index (χ4n) is 4.51. The van der Waals surface area contributed by atoms with Crippen LogP contribution in [0.4, 0.5) is 5.95 Å². The summed E-state index contributed by atoms with van der Waals surface area (Å²) >= 11 is 6.26. The molecule has 0 atom stereocenters. The van der Waals surface area contributed by atoms with E-state index >= 15 is 0 Å². The van der Waals surface area contributed by atoms with Gasteiger partial charge in [0.15, 0.2) is 0 Å². The summed E-state index contributed by atoms with van der Waals surface area (Å²) in [7, 11) is 3.72. The molecule has 0 unspecified atom stereocenters. The number of aromatic nitrogens is 3. The average Bonchev–Trinajstić information content (AvgIpc) is 3.35. The molecule has 1 aliphatic rings. The Balaban J connectivity index is 1.37. The minimum atomic E-state index is 0.0399. The van der Waals surface area contributed by atoms with E-state index in [0.717, 1.165) is 41.0 Å². The standard InChI is InChI=1S/C24H26ClN5O2/c1-27-22-6-4-3-5-20(22)26-24(27)29-11-9-28(10-12-29)23(31)19-16-30(13-14-32-2)21-8-7-17(25)15-18(19)21/h3-8,15-16H,9-14H2,1-2H3. The Morgan fingerprint density at radius 2 is 1.88 bits per heavy atom. The van der Waals surface area contributed by atoms with Crippen LogP contribution in [-0.2, 0) is 18.3 Å². The number of piperazine rings is 1. The molecular formula is C24H26ClN5O2. The molecule has 32 heavy (non-hydrogen) atoms. The number of para-hydroxylation sites is 2. The van der Waals surface area contributed by atoms with Gasteiger partial charge in [-0.15, -0.1) is 0 Å². The molecule has 0 aliphatic carbocycles. The van der Waals surface area contributed by atoms with Gasteiger partial charge in [0.05, 0.1) is 23.2 Å². The van der Waals surface area contributed by atoms with Crippen LogP contribution in [0.25, 0.3) is 21.9 Å². The first-order chi connectivity index (χ1) is 15.6. The Hall–Kier alpha value is -3.03. The highest BCUT2D eigenvalue weighted by Crippen LogP contribution is 2.27. The smallest absolute Gasteiger partial charge is 0.256 e. The molecule has 4 aromatic rings. The van der Waals surface area contributed by atoms with Crippen LogP contribution in [-0.4, -0.2) is 64.8 Å². The molecule has 0 spiro atoms. The molecular weight excluding hydrogens is 426 g/mol. The van der Waals surface area contributed by atoms with Crippen molar-refractivity contribution in [3.05, 3.63) is 59.2 Å². The van der Waals surface area contributed by atoms with E-state index < -0.39 is 0 Å². The van der Waals surface area contributed by atoms with Crippen LogP contribution in [0.3, 0.4) is 0 Å². The molecule has 2 aromatic heterocycles. The van der Waals surface area contributed by atoms with Gasteiger partial charge in [-0.1, -0.05) is 23.7 Å². The zero-order chi connectivity index (χ0) is 22.2. The van der Waals surface area contributed by atoms with E-state index in [-0.39, 0.29) is 5.91 Å². The number of hydrogen-bond acceptors (Lipinski definition) is 4. The number of methoxy groups -OCH3 is 1. The van der Waals surface area contributed by atoms with E-state index in [1.807, 2.05) is 54.5 Å². The third kappa shape index (κ3) is 3.61. The third-order valence-corrected chi connectivity index (χ3v) is 6.46. The van der Waals surface area contributed by atoms with Crippen molar-refractivity contribution in [2.45, 2.75) is 6.54 Å². The lowest BCUT2D eigenvalue weighted by molar-refractivity contribution is 0.0747. The second kappa shape index (κ2) is 8.48. The summed E-state index contributed by atoms with van der Waals surface area (Å²) in [6.45, 7) is 4.04. The summed E-state index contributed by atoms with van der Waals surface area (Å²) in [5.74, 6) is 0.985. The summed E-state index contributed by atoms with van der Waals surface area (Å²) in [6, 6.07) is 13.8. The van der Waals surface area contributed by atoms with Crippen LogP contribution < -0.4 is 4.90 Å². The van der Waals surface area contributed by atoms with Crippen LogP contribution in [0.2, 0.25) is 5.02 Å². The lowest BCUT2D eigenvalue weighted by atomic mass is 10.1. The number of carbonyl (C=O) groups is 1. The maximum Gasteiger partial charge on any atom is 0.256 e. The van der Waals surface area contributed by atoms with Gasteiger partial charge in [0.1, 0.15) is 0 Å². The van der Waals surface area contributed by atoms with E-state index in [4.69, 9.17) is 21.3 Å². The molecule has 1 saturated heterocycles. The lowest BCUT2D eigenvalue weighted by Crippen LogP contribution is -2.49. The van der Waals surface area contributed by atoms with E-state index in [0.29, 0.717) is 36.8 Å². The van der Waals surface area contributed by atoms with Crippen molar-refractivity contribution in [3.8, 4) is 0 Å². The summed E-state index contributed by atoms with van der Waals surface area (Å²) in [4.78, 5) is 22.4. The molecule has 1 fully saturated rings. The third-order valence-electron chi connectivity index (χ3n) is 6.22. The zero-order valence-corrected chi connectivity index (χ0v) is 19.0. The van der Waals surface area contributed by atoms with Crippen LogP contribution in [0.5, 0.6) is 0 Å². The van der Waals surface area contributed by atoms with Gasteiger partial charge in [0.2, 0.25) is 5.95 Å². The highest BCUT2D eigenvalue weighted by molar-refractivity contribution is 6.31. The van der Waals surface area contributed by atoms with Crippen LogP contribution in [0, 0.1) is 0 Å². The SMILES string of the molecule is COCCn1cc(C(=O)N2CCN(c3nc4ccccc4n3C)CC2)c2cc(Cl)ccc21. The number of benzene rings is 2. The molecule has 0 bridgehead atoms. The summed E-state index contributed by atoms with van der Waals surface area (Å²) in [5.41, 5.74) is 3.79. The van der Waals surface area contributed by atoms with E-state index in [2.05, 4.69) is 20.1 Å². The summed E-state index contributed by atoms with van der Waals surface area (Å²) in [6.07, 6.45) is 1.93. The fourth-order valence-corrected chi connectivity index (χ4v) is 4.68. The minimum Gasteiger partial charge on any atom is -0.383 e. The highest BCUT2D eigenvalue weighted by atomic mass is 35.5. The predicted molar refractivity (Wildman–Crippen MR) is 128 cm³/mol. The normalized spacial score (nSPS) is 14.6. The van der Waals surface area contributed by atoms with E-state index in [9.17, 15) is 4.79 Å². The maximum atomic E-state index is 13.5. The maximum absolute atomic E-state index is 13.5. The van der Waals surface area contributed by atoms with Gasteiger partial charge in [-0.2, -0.15) is 0 Å². The molecule has 0 N–H and O–H groups in total. The van der Waals surface area contributed by atoms with E-state index in [1.54, 1.807) is 7.11 Å². The quantitative estimate of drug-likeness (QED) is 0.463. The molecule has 166 valence electrons. The van der Waals surface area contributed by atoms with Crippen molar-refractivity contribution in [2.24, 2.45) is 7.05 Å². The summed E-state index contributed by atoms with van der Waals surface area (Å²) in [5, 5.41) is 1.51. The van der Waals surface area contributed by atoms with Crippen molar-refractivity contribution in [1.29, 1.82) is 0 Å². The molecule has 1 aliphatic heterocycles. The number of anilines is 1. The Labute approximate surface area is 191 Å². The van der Waals surface area contributed by atoms with Crippen molar-refractivity contribution >= 4 is 45.4 Å². The summed E-state index contributed by atoms with van der Waals surface area (Å²) < 4.78 is 9.42. The molecule has 3 heterocycles. The van der Waals surface area contributed by atoms with Crippen molar-refractivity contribution in [3.63, 3.8) is 0 Å². The number of nitrogens with zero attached hydrogens (tertiary/aromatic N) is 5. The molecule has 0 saturated carbocycles. The number of ether oxygens (including phenoxy) is 1. The zero-order valence-electron chi connectivity index (χ0n) is 18.3. The number of imidazole rings is 1. The van der Waals surface area contributed by atoms with Gasteiger partial charge in [0.25, 0.3) is 5.91 Å². The number of carbonyl (C=O) groups excluding carboxylic acids is 1. The number of amides is 1. The fraction of sp³-hybridized carbons (Fsp3) is 0.333. The van der Waals surface area contributed by atoms with Gasteiger partial charge in [-0.3, -0.25) is 4.79 Å². The molecule has 7 nitrogen and oxygen atoms in total.